The summed E-state index contributed by atoms with van der Waals surface area (Å²) >= 11 is 0. The van der Waals surface area contributed by atoms with Crippen molar-refractivity contribution in [1.82, 2.24) is 5.32 Å². The van der Waals surface area contributed by atoms with Gasteiger partial charge in [0.05, 0.1) is 12.5 Å². The molecule has 0 spiro atoms. The molecule has 1 aromatic rings. The molecular weight excluding hydrogens is 232 g/mol. The van der Waals surface area contributed by atoms with Gasteiger partial charge in [0.15, 0.2) is 0 Å². The van der Waals surface area contributed by atoms with Crippen molar-refractivity contribution in [1.29, 1.82) is 0 Å². The molecule has 98 valence electrons. The molecule has 1 aromatic carbocycles. The van der Waals surface area contributed by atoms with Crippen molar-refractivity contribution in [3.63, 3.8) is 0 Å². The molecule has 4 N–H and O–H groups in total. The van der Waals surface area contributed by atoms with Gasteiger partial charge in [0.2, 0.25) is 5.91 Å². The van der Waals surface area contributed by atoms with Gasteiger partial charge < -0.3 is 16.2 Å². The summed E-state index contributed by atoms with van der Waals surface area (Å²) in [7, 11) is 0. The second kappa shape index (κ2) is 7.45. The second-order valence-electron chi connectivity index (χ2n) is 4.02. The fourth-order valence-corrected chi connectivity index (χ4v) is 1.64. The quantitative estimate of drug-likeness (QED) is 0.674. The standard InChI is InChI=1S/C13H18N2O3/c14-8-4-7-12(16)15-11(9-13(17)18)10-5-2-1-3-6-10/h1-3,5-6,11H,4,7-9,14H2,(H,15,16)(H,17,18). The number of rotatable bonds is 7. The molecule has 1 atom stereocenters. The van der Waals surface area contributed by atoms with Crippen LogP contribution in [0.5, 0.6) is 0 Å². The molecular formula is C13H18N2O3. The Hall–Kier alpha value is -1.88. The minimum atomic E-state index is -0.942. The van der Waals surface area contributed by atoms with Crippen LogP contribution in [0.1, 0.15) is 30.9 Å². The number of carbonyl (C=O) groups is 2. The molecule has 0 saturated heterocycles. The topological polar surface area (TPSA) is 92.4 Å². The molecule has 0 fully saturated rings. The van der Waals surface area contributed by atoms with Crippen molar-refractivity contribution in [2.75, 3.05) is 6.54 Å². The molecule has 0 heterocycles. The number of hydrogen-bond acceptors (Lipinski definition) is 3. The summed E-state index contributed by atoms with van der Waals surface area (Å²) in [6.07, 6.45) is 0.790. The molecule has 0 aliphatic heterocycles. The lowest BCUT2D eigenvalue weighted by Gasteiger charge is -2.17. The first-order valence-electron chi connectivity index (χ1n) is 5.89. The number of carbonyl (C=O) groups excluding carboxylic acids is 1. The average Bonchev–Trinajstić information content (AvgIpc) is 2.36. The molecule has 0 aliphatic carbocycles. The largest absolute Gasteiger partial charge is 0.481 e. The number of nitrogens with two attached hydrogens (primary N) is 1. The van der Waals surface area contributed by atoms with Gasteiger partial charge in [0.1, 0.15) is 0 Å². The Labute approximate surface area is 106 Å². The first-order valence-corrected chi connectivity index (χ1v) is 5.89. The highest BCUT2D eigenvalue weighted by Crippen LogP contribution is 2.16. The van der Waals surface area contributed by atoms with E-state index in [1.165, 1.54) is 0 Å². The minimum Gasteiger partial charge on any atom is -0.481 e. The Balaban J connectivity index is 2.67. The Morgan fingerprint density at radius 3 is 2.50 bits per heavy atom. The van der Waals surface area contributed by atoms with E-state index in [9.17, 15) is 9.59 Å². The predicted molar refractivity (Wildman–Crippen MR) is 67.9 cm³/mol. The third-order valence-corrected chi connectivity index (χ3v) is 2.52. The highest BCUT2D eigenvalue weighted by Gasteiger charge is 2.17. The van der Waals surface area contributed by atoms with Gasteiger partial charge in [-0.2, -0.15) is 0 Å². The maximum Gasteiger partial charge on any atom is 0.305 e. The Morgan fingerprint density at radius 2 is 1.94 bits per heavy atom. The molecule has 0 bridgehead atoms. The summed E-state index contributed by atoms with van der Waals surface area (Å²) in [5, 5.41) is 11.6. The van der Waals surface area contributed by atoms with Crippen LogP contribution in [0.3, 0.4) is 0 Å². The third kappa shape index (κ3) is 4.97. The zero-order chi connectivity index (χ0) is 13.4. The van der Waals surface area contributed by atoms with Crippen molar-refractivity contribution < 1.29 is 14.7 Å². The van der Waals surface area contributed by atoms with Gasteiger partial charge >= 0.3 is 5.97 Å². The lowest BCUT2D eigenvalue weighted by molar-refractivity contribution is -0.137. The van der Waals surface area contributed by atoms with Gasteiger partial charge in [-0.05, 0) is 18.5 Å². The Kier molecular flexibility index (Phi) is 5.87. The lowest BCUT2D eigenvalue weighted by Crippen LogP contribution is -2.30. The van der Waals surface area contributed by atoms with E-state index in [-0.39, 0.29) is 12.3 Å². The summed E-state index contributed by atoms with van der Waals surface area (Å²) in [5.41, 5.74) is 6.12. The van der Waals surface area contributed by atoms with E-state index in [1.807, 2.05) is 18.2 Å². The van der Waals surface area contributed by atoms with E-state index >= 15 is 0 Å². The Bertz CT molecular complexity index is 392. The zero-order valence-electron chi connectivity index (χ0n) is 10.1. The average molecular weight is 250 g/mol. The maximum atomic E-state index is 11.6. The molecule has 18 heavy (non-hydrogen) atoms. The fourth-order valence-electron chi connectivity index (χ4n) is 1.64. The highest BCUT2D eigenvalue weighted by atomic mass is 16.4. The van der Waals surface area contributed by atoms with E-state index in [2.05, 4.69) is 5.32 Å². The third-order valence-electron chi connectivity index (χ3n) is 2.52. The predicted octanol–water partition coefficient (Wildman–Crippen LogP) is 1.06. The first-order chi connectivity index (χ1) is 8.63. The van der Waals surface area contributed by atoms with E-state index in [0.717, 1.165) is 5.56 Å². The number of carboxylic acids is 1. The van der Waals surface area contributed by atoms with Crippen molar-refractivity contribution in [3.8, 4) is 0 Å². The zero-order valence-corrected chi connectivity index (χ0v) is 10.1. The van der Waals surface area contributed by atoms with Crippen LogP contribution in [0.2, 0.25) is 0 Å². The molecule has 5 nitrogen and oxygen atoms in total. The molecule has 0 aromatic heterocycles. The summed E-state index contributed by atoms with van der Waals surface area (Å²) in [4.78, 5) is 22.4. The van der Waals surface area contributed by atoms with Gasteiger partial charge in [0, 0.05) is 6.42 Å². The van der Waals surface area contributed by atoms with Crippen molar-refractivity contribution in [3.05, 3.63) is 35.9 Å². The molecule has 0 saturated carbocycles. The smallest absolute Gasteiger partial charge is 0.305 e. The fraction of sp³-hybridized carbons (Fsp3) is 0.385. The SMILES string of the molecule is NCCCC(=O)NC(CC(=O)O)c1ccccc1. The number of benzene rings is 1. The van der Waals surface area contributed by atoms with Crippen LogP contribution in [-0.4, -0.2) is 23.5 Å². The highest BCUT2D eigenvalue weighted by molar-refractivity contribution is 5.77. The Morgan fingerprint density at radius 1 is 1.28 bits per heavy atom. The van der Waals surface area contributed by atoms with Crippen LogP contribution in [0.15, 0.2) is 30.3 Å². The van der Waals surface area contributed by atoms with Gasteiger partial charge in [-0.3, -0.25) is 9.59 Å². The van der Waals surface area contributed by atoms with Crippen LogP contribution < -0.4 is 11.1 Å². The molecule has 1 rings (SSSR count). The van der Waals surface area contributed by atoms with E-state index in [4.69, 9.17) is 10.8 Å². The molecule has 1 unspecified atom stereocenters. The van der Waals surface area contributed by atoms with E-state index in [1.54, 1.807) is 12.1 Å². The minimum absolute atomic E-state index is 0.127. The number of nitrogens with one attached hydrogen (secondary N) is 1. The van der Waals surface area contributed by atoms with E-state index < -0.39 is 12.0 Å². The number of carboxylic acid groups (broad SMARTS) is 1. The van der Waals surface area contributed by atoms with Crippen molar-refractivity contribution in [2.45, 2.75) is 25.3 Å². The molecule has 5 heteroatoms. The molecule has 1 amide bonds. The molecule has 0 aliphatic rings. The van der Waals surface area contributed by atoms with Crippen LogP contribution in [0, 0.1) is 0 Å². The summed E-state index contributed by atoms with van der Waals surface area (Å²) in [5.74, 6) is -1.11. The number of aliphatic carboxylic acids is 1. The number of amides is 1. The first kappa shape index (κ1) is 14.2. The number of hydrogen-bond donors (Lipinski definition) is 3. The maximum absolute atomic E-state index is 11.6. The molecule has 0 radical (unpaired) electrons. The van der Waals surface area contributed by atoms with Gasteiger partial charge in [-0.1, -0.05) is 30.3 Å². The van der Waals surface area contributed by atoms with Crippen LogP contribution in [0.25, 0.3) is 0 Å². The van der Waals surface area contributed by atoms with Gasteiger partial charge in [-0.25, -0.2) is 0 Å². The normalized spacial score (nSPS) is 11.8. The van der Waals surface area contributed by atoms with Crippen LogP contribution in [-0.2, 0) is 9.59 Å². The summed E-state index contributed by atoms with van der Waals surface area (Å²) in [6.45, 7) is 0.447. The van der Waals surface area contributed by atoms with Crippen molar-refractivity contribution >= 4 is 11.9 Å². The van der Waals surface area contributed by atoms with Crippen molar-refractivity contribution in [2.24, 2.45) is 5.73 Å². The summed E-state index contributed by atoms with van der Waals surface area (Å²) < 4.78 is 0. The summed E-state index contributed by atoms with van der Waals surface area (Å²) in [6, 6.07) is 8.59. The second-order valence-corrected chi connectivity index (χ2v) is 4.02. The van der Waals surface area contributed by atoms with E-state index in [0.29, 0.717) is 19.4 Å². The van der Waals surface area contributed by atoms with Gasteiger partial charge in [-0.15, -0.1) is 0 Å². The lowest BCUT2D eigenvalue weighted by atomic mass is 10.0. The van der Waals surface area contributed by atoms with Gasteiger partial charge in [0.25, 0.3) is 0 Å². The van der Waals surface area contributed by atoms with Crippen LogP contribution in [0.4, 0.5) is 0 Å². The monoisotopic (exact) mass is 250 g/mol. The van der Waals surface area contributed by atoms with Crippen LogP contribution >= 0.6 is 0 Å².